The second kappa shape index (κ2) is 8.79. The van der Waals surface area contributed by atoms with Crippen LogP contribution in [0.15, 0.2) is 24.3 Å². The van der Waals surface area contributed by atoms with Crippen LogP contribution >= 0.6 is 0 Å². The number of terminal acetylenes is 1. The van der Waals surface area contributed by atoms with Gasteiger partial charge in [-0.3, -0.25) is 14.9 Å². The van der Waals surface area contributed by atoms with Crippen molar-refractivity contribution in [2.75, 3.05) is 11.4 Å². The SMILES string of the molecule is C#CCNC(=O)C1(N[C@@H]2C[C@H](C)N(C(=O)CC)c3ccccc32)CCCCC1. The lowest BCUT2D eigenvalue weighted by atomic mass is 9.78. The maximum atomic E-state index is 13.0. The Hall–Kier alpha value is -2.32. The molecule has 2 atom stereocenters. The van der Waals surface area contributed by atoms with Gasteiger partial charge in [-0.2, -0.15) is 0 Å². The van der Waals surface area contributed by atoms with E-state index in [0.29, 0.717) is 6.42 Å². The van der Waals surface area contributed by atoms with E-state index >= 15 is 0 Å². The van der Waals surface area contributed by atoms with Gasteiger partial charge in [-0.1, -0.05) is 50.3 Å². The van der Waals surface area contributed by atoms with Gasteiger partial charge in [0.15, 0.2) is 0 Å². The highest BCUT2D eigenvalue weighted by Crippen LogP contribution is 2.40. The van der Waals surface area contributed by atoms with E-state index in [1.165, 1.54) is 0 Å². The van der Waals surface area contributed by atoms with Crippen molar-refractivity contribution in [2.45, 2.75) is 76.4 Å². The number of rotatable bonds is 5. The van der Waals surface area contributed by atoms with Crippen molar-refractivity contribution in [1.29, 1.82) is 0 Å². The van der Waals surface area contributed by atoms with Crippen molar-refractivity contribution in [3.63, 3.8) is 0 Å². The molecule has 2 aliphatic rings. The number of amides is 2. The van der Waals surface area contributed by atoms with Gasteiger partial charge < -0.3 is 10.2 Å². The summed E-state index contributed by atoms with van der Waals surface area (Å²) in [5.74, 6) is 2.64. The summed E-state index contributed by atoms with van der Waals surface area (Å²) in [5.41, 5.74) is 1.46. The summed E-state index contributed by atoms with van der Waals surface area (Å²) in [6, 6.07) is 8.17. The number of hydrogen-bond acceptors (Lipinski definition) is 3. The smallest absolute Gasteiger partial charge is 0.241 e. The fourth-order valence-corrected chi connectivity index (χ4v) is 4.73. The van der Waals surface area contributed by atoms with Crippen LogP contribution in [0.4, 0.5) is 5.69 Å². The molecule has 0 aromatic heterocycles. The third kappa shape index (κ3) is 3.93. The average Bonchev–Trinajstić information content (AvgIpc) is 2.72. The minimum Gasteiger partial charge on any atom is -0.344 e. The van der Waals surface area contributed by atoms with Gasteiger partial charge in [0.05, 0.1) is 12.1 Å². The van der Waals surface area contributed by atoms with E-state index in [2.05, 4.69) is 29.5 Å². The molecule has 1 aliphatic carbocycles. The van der Waals surface area contributed by atoms with Crippen LogP contribution in [0.5, 0.6) is 0 Å². The van der Waals surface area contributed by atoms with Crippen molar-refractivity contribution in [1.82, 2.24) is 10.6 Å². The molecule has 1 fully saturated rings. The summed E-state index contributed by atoms with van der Waals surface area (Å²) >= 11 is 0. The van der Waals surface area contributed by atoms with Crippen LogP contribution in [0.1, 0.15) is 70.4 Å². The van der Waals surface area contributed by atoms with Crippen LogP contribution in [0.2, 0.25) is 0 Å². The van der Waals surface area contributed by atoms with Crippen LogP contribution in [0, 0.1) is 12.3 Å². The van der Waals surface area contributed by atoms with Gasteiger partial charge in [0.25, 0.3) is 0 Å². The number of nitrogens with one attached hydrogen (secondary N) is 2. The fraction of sp³-hybridized carbons (Fsp3) is 0.565. The molecule has 2 amide bonds. The maximum absolute atomic E-state index is 13.0. The van der Waals surface area contributed by atoms with Gasteiger partial charge in [0.2, 0.25) is 11.8 Å². The van der Waals surface area contributed by atoms with E-state index in [1.54, 1.807) is 0 Å². The zero-order valence-corrected chi connectivity index (χ0v) is 17.0. The summed E-state index contributed by atoms with van der Waals surface area (Å²) < 4.78 is 0. The molecule has 1 heterocycles. The Morgan fingerprint density at radius 1 is 1.25 bits per heavy atom. The summed E-state index contributed by atoms with van der Waals surface area (Å²) in [4.78, 5) is 27.5. The zero-order valence-electron chi connectivity index (χ0n) is 17.0. The second-order valence-corrected chi connectivity index (χ2v) is 7.99. The van der Waals surface area contributed by atoms with Crippen LogP contribution in [-0.4, -0.2) is 29.9 Å². The number of anilines is 1. The number of carbonyl (C=O) groups is 2. The molecule has 0 radical (unpaired) electrons. The molecule has 0 spiro atoms. The Kier molecular flexibility index (Phi) is 6.41. The molecule has 1 aliphatic heterocycles. The summed E-state index contributed by atoms with van der Waals surface area (Å²) in [5, 5.41) is 6.63. The van der Waals surface area contributed by atoms with E-state index in [1.807, 2.05) is 30.0 Å². The van der Waals surface area contributed by atoms with Crippen LogP contribution in [-0.2, 0) is 9.59 Å². The van der Waals surface area contributed by atoms with Crippen LogP contribution in [0.3, 0.4) is 0 Å². The number of nitrogens with zero attached hydrogens (tertiary/aromatic N) is 1. The summed E-state index contributed by atoms with van der Waals surface area (Å²) in [7, 11) is 0. The van der Waals surface area contributed by atoms with E-state index in [-0.39, 0.29) is 30.4 Å². The van der Waals surface area contributed by atoms with Gasteiger partial charge in [-0.05, 0) is 37.8 Å². The Morgan fingerprint density at radius 3 is 2.64 bits per heavy atom. The van der Waals surface area contributed by atoms with Crippen LogP contribution in [0.25, 0.3) is 0 Å². The van der Waals surface area contributed by atoms with E-state index < -0.39 is 5.54 Å². The minimum absolute atomic E-state index is 0.00217. The molecule has 1 aromatic rings. The predicted molar refractivity (Wildman–Crippen MR) is 112 cm³/mol. The minimum atomic E-state index is -0.594. The Bertz CT molecular complexity index is 761. The first-order valence-electron chi connectivity index (χ1n) is 10.4. The third-order valence-corrected chi connectivity index (χ3v) is 6.10. The first-order valence-corrected chi connectivity index (χ1v) is 10.4. The van der Waals surface area contributed by atoms with Gasteiger partial charge in [-0.15, -0.1) is 6.42 Å². The molecule has 0 unspecified atom stereocenters. The Labute approximate surface area is 168 Å². The topological polar surface area (TPSA) is 61.4 Å². The molecular formula is C23H31N3O2. The molecule has 28 heavy (non-hydrogen) atoms. The second-order valence-electron chi connectivity index (χ2n) is 7.99. The van der Waals surface area contributed by atoms with Crippen molar-refractivity contribution in [3.05, 3.63) is 29.8 Å². The lowest BCUT2D eigenvalue weighted by molar-refractivity contribution is -0.129. The molecular weight excluding hydrogens is 350 g/mol. The number of para-hydroxylation sites is 1. The van der Waals surface area contributed by atoms with E-state index in [9.17, 15) is 9.59 Å². The Morgan fingerprint density at radius 2 is 1.96 bits per heavy atom. The molecule has 150 valence electrons. The van der Waals surface area contributed by atoms with Crippen molar-refractivity contribution in [3.8, 4) is 12.3 Å². The lowest BCUT2D eigenvalue weighted by Crippen LogP contribution is -2.60. The highest BCUT2D eigenvalue weighted by Gasteiger charge is 2.43. The van der Waals surface area contributed by atoms with Gasteiger partial charge in [0.1, 0.15) is 0 Å². The zero-order chi connectivity index (χ0) is 20.1. The molecule has 5 heteroatoms. The van der Waals surface area contributed by atoms with Crippen molar-refractivity contribution < 1.29 is 9.59 Å². The Balaban J connectivity index is 1.92. The number of fused-ring (bicyclic) bond motifs is 1. The lowest BCUT2D eigenvalue weighted by Gasteiger charge is -2.45. The number of hydrogen-bond donors (Lipinski definition) is 2. The highest BCUT2D eigenvalue weighted by atomic mass is 16.2. The molecule has 1 saturated carbocycles. The quantitative estimate of drug-likeness (QED) is 0.770. The average molecular weight is 382 g/mol. The molecule has 0 bridgehead atoms. The summed E-state index contributed by atoms with van der Waals surface area (Å²) in [6.45, 7) is 4.23. The molecule has 3 rings (SSSR count). The maximum Gasteiger partial charge on any atom is 0.241 e. The number of carbonyl (C=O) groups excluding carboxylic acids is 2. The van der Waals surface area contributed by atoms with Crippen molar-refractivity contribution >= 4 is 17.5 Å². The van der Waals surface area contributed by atoms with Crippen molar-refractivity contribution in [2.24, 2.45) is 0 Å². The van der Waals surface area contributed by atoms with E-state index in [0.717, 1.165) is 49.8 Å². The predicted octanol–water partition coefficient (Wildman–Crippen LogP) is 3.30. The fourth-order valence-electron chi connectivity index (χ4n) is 4.73. The molecule has 5 nitrogen and oxygen atoms in total. The molecule has 0 saturated heterocycles. The first-order chi connectivity index (χ1) is 13.5. The standard InChI is InChI=1S/C23H31N3O2/c1-4-15-24-22(28)23(13-9-6-10-14-23)25-19-16-17(3)26(21(27)5-2)20-12-8-7-11-18(19)20/h1,7-8,11-12,17,19,25H,5-6,9-10,13-16H2,2-3H3,(H,24,28)/t17-,19+/m0/s1. The first kappa shape index (κ1) is 20.4. The largest absolute Gasteiger partial charge is 0.344 e. The number of benzene rings is 1. The monoisotopic (exact) mass is 381 g/mol. The highest BCUT2D eigenvalue weighted by molar-refractivity contribution is 5.95. The third-order valence-electron chi connectivity index (χ3n) is 6.10. The van der Waals surface area contributed by atoms with Gasteiger partial charge in [-0.25, -0.2) is 0 Å². The van der Waals surface area contributed by atoms with Crippen LogP contribution < -0.4 is 15.5 Å². The summed E-state index contributed by atoms with van der Waals surface area (Å²) in [6.07, 6.45) is 11.5. The van der Waals surface area contributed by atoms with E-state index in [4.69, 9.17) is 6.42 Å². The normalized spacial score (nSPS) is 23.4. The van der Waals surface area contributed by atoms with Gasteiger partial charge in [0, 0.05) is 24.2 Å². The molecule has 2 N–H and O–H groups in total. The molecule has 1 aromatic carbocycles. The van der Waals surface area contributed by atoms with Gasteiger partial charge >= 0.3 is 0 Å².